The predicted octanol–water partition coefficient (Wildman–Crippen LogP) is 0.279. The van der Waals surface area contributed by atoms with E-state index < -0.39 is 12.7 Å². The lowest BCUT2D eigenvalue weighted by Gasteiger charge is -2.07. The summed E-state index contributed by atoms with van der Waals surface area (Å²) >= 11 is 1.44. The molecule has 7 heteroatoms. The van der Waals surface area contributed by atoms with Crippen LogP contribution >= 0.6 is 11.3 Å². The largest absolute Gasteiger partial charge is 0.462 e. The molecule has 2 rings (SSSR count). The van der Waals surface area contributed by atoms with Gasteiger partial charge in [-0.05, 0) is 12.5 Å². The molecule has 2 aromatic heterocycles. The topological polar surface area (TPSA) is 95.4 Å². The van der Waals surface area contributed by atoms with E-state index in [4.69, 9.17) is 14.9 Å². The van der Waals surface area contributed by atoms with E-state index in [1.807, 2.05) is 13.0 Å². The molecule has 0 aliphatic rings. The highest BCUT2D eigenvalue weighted by molar-refractivity contribution is 7.18. The maximum absolute atomic E-state index is 11.8. The van der Waals surface area contributed by atoms with Crippen LogP contribution in [0.3, 0.4) is 0 Å². The predicted molar refractivity (Wildman–Crippen MR) is 68.2 cm³/mol. The first-order valence-electron chi connectivity index (χ1n) is 5.58. The van der Waals surface area contributed by atoms with Gasteiger partial charge in [-0.1, -0.05) is 6.92 Å². The second-order valence-electron chi connectivity index (χ2n) is 3.80. The first-order chi connectivity index (χ1) is 8.63. The second kappa shape index (κ2) is 5.47. The zero-order valence-electron chi connectivity index (χ0n) is 9.84. The number of nitrogens with one attached hydrogen (secondary N) is 1. The molecule has 2 heterocycles. The van der Waals surface area contributed by atoms with Crippen LogP contribution in [-0.4, -0.2) is 39.5 Å². The number of nitrogens with zero attached hydrogens (tertiary/aromatic N) is 1. The quantitative estimate of drug-likeness (QED) is 0.725. The molecule has 3 N–H and O–H groups in total. The van der Waals surface area contributed by atoms with Crippen LogP contribution in [0.2, 0.25) is 0 Å². The third-order valence-corrected chi connectivity index (χ3v) is 3.58. The van der Waals surface area contributed by atoms with Crippen molar-refractivity contribution in [3.63, 3.8) is 0 Å². The molecule has 0 amide bonds. The van der Waals surface area contributed by atoms with E-state index in [2.05, 4.69) is 9.97 Å². The van der Waals surface area contributed by atoms with Crippen LogP contribution in [0.15, 0.2) is 10.9 Å². The lowest BCUT2D eigenvalue weighted by Crippen LogP contribution is -2.23. The number of aliphatic hydroxyl groups excluding tert-OH is 2. The minimum Gasteiger partial charge on any atom is -0.462 e. The number of rotatable bonds is 5. The molecule has 0 aliphatic carbocycles. The fourth-order valence-electron chi connectivity index (χ4n) is 1.43. The maximum atomic E-state index is 11.8. The van der Waals surface area contributed by atoms with Crippen LogP contribution in [0.4, 0.5) is 0 Å². The normalized spacial score (nSPS) is 12.8. The van der Waals surface area contributed by atoms with Gasteiger partial charge in [0.05, 0.1) is 12.0 Å². The Morgan fingerprint density at radius 3 is 3.06 bits per heavy atom. The number of ether oxygens (including phenoxy) is 1. The van der Waals surface area contributed by atoms with Crippen molar-refractivity contribution in [3.05, 3.63) is 21.3 Å². The Bertz CT molecular complexity index is 592. The number of thiophene rings is 1. The third-order valence-electron chi connectivity index (χ3n) is 2.40. The van der Waals surface area contributed by atoms with Gasteiger partial charge in [-0.25, -0.2) is 0 Å². The Hall–Kier alpha value is -1.44. The summed E-state index contributed by atoms with van der Waals surface area (Å²) in [4.78, 5) is 20.1. The molecule has 18 heavy (non-hydrogen) atoms. The number of aromatic amines is 1. The van der Waals surface area contributed by atoms with E-state index in [1.165, 1.54) is 11.3 Å². The molecule has 0 spiro atoms. The smallest absolute Gasteiger partial charge is 0.297 e. The molecule has 6 nitrogen and oxygen atoms in total. The SMILES string of the molecule is CCc1cc2c(=O)[nH]c(OCC(O)CO)nc2s1. The number of hydrogen-bond acceptors (Lipinski definition) is 6. The van der Waals surface area contributed by atoms with E-state index in [9.17, 15) is 4.79 Å². The van der Waals surface area contributed by atoms with Crippen LogP contribution in [-0.2, 0) is 6.42 Å². The highest BCUT2D eigenvalue weighted by Crippen LogP contribution is 2.22. The number of aromatic nitrogens is 2. The van der Waals surface area contributed by atoms with Crippen molar-refractivity contribution < 1.29 is 14.9 Å². The fraction of sp³-hybridized carbons (Fsp3) is 0.455. The molecule has 0 aromatic carbocycles. The number of hydrogen-bond donors (Lipinski definition) is 3. The van der Waals surface area contributed by atoms with Crippen molar-refractivity contribution in [2.45, 2.75) is 19.4 Å². The van der Waals surface area contributed by atoms with Crippen LogP contribution in [0, 0.1) is 0 Å². The van der Waals surface area contributed by atoms with Gasteiger partial charge in [0.1, 0.15) is 17.5 Å². The van der Waals surface area contributed by atoms with Crippen molar-refractivity contribution in [2.75, 3.05) is 13.2 Å². The average Bonchev–Trinajstić information content (AvgIpc) is 2.79. The minimum atomic E-state index is -0.986. The van der Waals surface area contributed by atoms with Crippen molar-refractivity contribution in [1.82, 2.24) is 9.97 Å². The molecule has 1 unspecified atom stereocenters. The molecule has 0 saturated carbocycles. The first kappa shape index (κ1) is 13.0. The zero-order chi connectivity index (χ0) is 13.1. The lowest BCUT2D eigenvalue weighted by molar-refractivity contribution is 0.0505. The second-order valence-corrected chi connectivity index (χ2v) is 4.92. The van der Waals surface area contributed by atoms with Crippen LogP contribution in [0.5, 0.6) is 6.01 Å². The molecule has 0 aliphatic heterocycles. The van der Waals surface area contributed by atoms with Gasteiger partial charge < -0.3 is 14.9 Å². The molecule has 1 atom stereocenters. The molecule has 0 radical (unpaired) electrons. The van der Waals surface area contributed by atoms with Crippen LogP contribution < -0.4 is 10.3 Å². The van der Waals surface area contributed by atoms with E-state index in [-0.39, 0.29) is 18.2 Å². The van der Waals surface area contributed by atoms with Crippen molar-refractivity contribution in [1.29, 1.82) is 0 Å². The molecule has 0 fully saturated rings. The summed E-state index contributed by atoms with van der Waals surface area (Å²) in [5, 5.41) is 18.4. The van der Waals surface area contributed by atoms with E-state index in [0.29, 0.717) is 10.2 Å². The Kier molecular flexibility index (Phi) is 3.95. The fourth-order valence-corrected chi connectivity index (χ4v) is 2.39. The van der Waals surface area contributed by atoms with Crippen LogP contribution in [0.1, 0.15) is 11.8 Å². The van der Waals surface area contributed by atoms with E-state index in [0.717, 1.165) is 11.3 Å². The summed E-state index contributed by atoms with van der Waals surface area (Å²) in [6.07, 6.45) is -0.139. The van der Waals surface area contributed by atoms with Gasteiger partial charge in [-0.2, -0.15) is 4.98 Å². The first-order valence-corrected chi connectivity index (χ1v) is 6.40. The molecule has 0 saturated heterocycles. The van der Waals surface area contributed by atoms with Crippen molar-refractivity contribution >= 4 is 21.6 Å². The number of fused-ring (bicyclic) bond motifs is 1. The molecular formula is C11H14N2O4S. The summed E-state index contributed by atoms with van der Waals surface area (Å²) < 4.78 is 5.12. The van der Waals surface area contributed by atoms with E-state index in [1.54, 1.807) is 0 Å². The summed E-state index contributed by atoms with van der Waals surface area (Å²) in [6.45, 7) is 1.50. The van der Waals surface area contributed by atoms with Gasteiger partial charge in [0.2, 0.25) is 0 Å². The molecular weight excluding hydrogens is 256 g/mol. The van der Waals surface area contributed by atoms with Crippen molar-refractivity contribution in [2.24, 2.45) is 0 Å². The number of H-pyrrole nitrogens is 1. The maximum Gasteiger partial charge on any atom is 0.297 e. The van der Waals surface area contributed by atoms with Crippen LogP contribution in [0.25, 0.3) is 10.2 Å². The number of aryl methyl sites for hydroxylation is 1. The van der Waals surface area contributed by atoms with E-state index >= 15 is 0 Å². The Morgan fingerprint density at radius 1 is 1.61 bits per heavy atom. The Morgan fingerprint density at radius 2 is 2.39 bits per heavy atom. The monoisotopic (exact) mass is 270 g/mol. The summed E-state index contributed by atoms with van der Waals surface area (Å²) in [5.41, 5.74) is -0.260. The van der Waals surface area contributed by atoms with Gasteiger partial charge in [0.25, 0.3) is 11.6 Å². The average molecular weight is 270 g/mol. The zero-order valence-corrected chi connectivity index (χ0v) is 10.7. The molecule has 2 aromatic rings. The van der Waals surface area contributed by atoms with Crippen molar-refractivity contribution in [3.8, 4) is 6.01 Å². The summed E-state index contributed by atoms with van der Waals surface area (Å²) in [5.74, 6) is 0. The number of aliphatic hydroxyl groups is 2. The highest BCUT2D eigenvalue weighted by atomic mass is 32.1. The van der Waals surface area contributed by atoms with Gasteiger partial charge in [-0.15, -0.1) is 11.3 Å². The molecule has 98 valence electrons. The van der Waals surface area contributed by atoms with Gasteiger partial charge in [0.15, 0.2) is 0 Å². The van der Waals surface area contributed by atoms with Gasteiger partial charge in [-0.3, -0.25) is 9.78 Å². The minimum absolute atomic E-state index is 0.0597. The summed E-state index contributed by atoms with van der Waals surface area (Å²) in [7, 11) is 0. The third kappa shape index (κ3) is 2.69. The Labute approximate surface area is 107 Å². The highest BCUT2D eigenvalue weighted by Gasteiger charge is 2.10. The van der Waals surface area contributed by atoms with Gasteiger partial charge >= 0.3 is 0 Å². The standard InChI is InChI=1S/C11H14N2O4S/c1-2-7-3-8-9(16)12-11(13-10(8)18-7)17-5-6(15)4-14/h3,6,14-15H,2,4-5H2,1H3,(H,12,13,16). The van der Waals surface area contributed by atoms with Gasteiger partial charge in [0, 0.05) is 4.88 Å². The summed E-state index contributed by atoms with van der Waals surface area (Å²) in [6, 6.07) is 1.88. The lowest BCUT2D eigenvalue weighted by atomic mass is 10.3. The molecule has 0 bridgehead atoms. The Balaban J connectivity index is 2.28.